The number of rotatable bonds is 3. The number of nitrogens with two attached hydrogens (primary N) is 2. The molecule has 0 aliphatic rings. The second-order valence-corrected chi connectivity index (χ2v) is 2.53. The highest BCUT2D eigenvalue weighted by Crippen LogP contribution is 2.00. The lowest BCUT2D eigenvalue weighted by molar-refractivity contribution is 1.27. The molecule has 0 fully saturated rings. The van der Waals surface area contributed by atoms with Crippen molar-refractivity contribution < 1.29 is 0 Å². The lowest BCUT2D eigenvalue weighted by Crippen LogP contribution is -2.08. The Labute approximate surface area is 73.2 Å². The fourth-order valence-electron chi connectivity index (χ4n) is 0.728. The van der Waals surface area contributed by atoms with Crippen LogP contribution in [0.4, 0.5) is 0 Å². The minimum Gasteiger partial charge on any atom is -0.404 e. The van der Waals surface area contributed by atoms with Gasteiger partial charge < -0.3 is 11.5 Å². The Bertz CT molecular complexity index is 246. The average molecular weight is 165 g/mol. The van der Waals surface area contributed by atoms with Crippen molar-refractivity contribution in [2.45, 2.75) is 13.8 Å². The number of hydrogen-bond donors (Lipinski definition) is 2. The van der Waals surface area contributed by atoms with Crippen LogP contribution in [-0.4, -0.2) is 5.84 Å². The summed E-state index contributed by atoms with van der Waals surface area (Å²) in [6.45, 7) is 7.47. The van der Waals surface area contributed by atoms with E-state index in [0.29, 0.717) is 5.84 Å². The Morgan fingerprint density at radius 1 is 1.42 bits per heavy atom. The van der Waals surface area contributed by atoms with Gasteiger partial charge in [0, 0.05) is 5.70 Å². The van der Waals surface area contributed by atoms with E-state index in [-0.39, 0.29) is 0 Å². The number of nitrogens with zero attached hydrogens (tertiary/aromatic N) is 1. The minimum absolute atomic E-state index is 0.396. The maximum Gasteiger partial charge on any atom is 0.125 e. The second kappa shape index (κ2) is 5.18. The molecule has 3 nitrogen and oxygen atoms in total. The van der Waals surface area contributed by atoms with Crippen LogP contribution in [0.2, 0.25) is 0 Å². The third-order valence-electron chi connectivity index (χ3n) is 1.03. The minimum atomic E-state index is 0.396. The van der Waals surface area contributed by atoms with Crippen molar-refractivity contribution in [3.05, 3.63) is 36.2 Å². The summed E-state index contributed by atoms with van der Waals surface area (Å²) in [5.74, 6) is 0.396. The first kappa shape index (κ1) is 10.5. The third-order valence-corrected chi connectivity index (χ3v) is 1.03. The van der Waals surface area contributed by atoms with Crippen molar-refractivity contribution in [2.24, 2.45) is 16.5 Å². The zero-order valence-electron chi connectivity index (χ0n) is 7.54. The van der Waals surface area contributed by atoms with Crippen LogP contribution in [0.3, 0.4) is 0 Å². The Morgan fingerprint density at radius 2 is 2.00 bits per heavy atom. The van der Waals surface area contributed by atoms with E-state index in [4.69, 9.17) is 11.5 Å². The van der Waals surface area contributed by atoms with Crippen LogP contribution in [0, 0.1) is 0 Å². The Morgan fingerprint density at radius 3 is 2.42 bits per heavy atom. The van der Waals surface area contributed by atoms with Crippen LogP contribution in [0.1, 0.15) is 13.8 Å². The first-order valence-corrected chi connectivity index (χ1v) is 3.62. The van der Waals surface area contributed by atoms with Crippen LogP contribution in [0.15, 0.2) is 41.2 Å². The van der Waals surface area contributed by atoms with E-state index >= 15 is 0 Å². The van der Waals surface area contributed by atoms with Crippen molar-refractivity contribution in [2.75, 3.05) is 0 Å². The quantitative estimate of drug-likeness (QED) is 0.376. The van der Waals surface area contributed by atoms with Gasteiger partial charge in [0.05, 0.1) is 0 Å². The molecule has 0 aromatic heterocycles. The summed E-state index contributed by atoms with van der Waals surface area (Å²) in [5.41, 5.74) is 12.4. The van der Waals surface area contributed by atoms with E-state index in [0.717, 1.165) is 11.3 Å². The van der Waals surface area contributed by atoms with E-state index < -0.39 is 0 Å². The summed E-state index contributed by atoms with van der Waals surface area (Å²) in [4.78, 5) is 4.03. The molecule has 0 aliphatic heterocycles. The highest BCUT2D eigenvalue weighted by Gasteiger charge is 1.86. The molecule has 0 aliphatic carbocycles. The van der Waals surface area contributed by atoms with Crippen molar-refractivity contribution >= 4 is 5.84 Å². The van der Waals surface area contributed by atoms with E-state index in [1.54, 1.807) is 0 Å². The molecule has 12 heavy (non-hydrogen) atoms. The van der Waals surface area contributed by atoms with Gasteiger partial charge in [-0.05, 0) is 32.2 Å². The third kappa shape index (κ3) is 5.29. The predicted octanol–water partition coefficient (Wildman–Crippen LogP) is 1.30. The van der Waals surface area contributed by atoms with Gasteiger partial charge >= 0.3 is 0 Å². The van der Waals surface area contributed by atoms with Gasteiger partial charge in [-0.2, -0.15) is 0 Å². The summed E-state index contributed by atoms with van der Waals surface area (Å²) in [6, 6.07) is 0. The van der Waals surface area contributed by atoms with Gasteiger partial charge in [-0.25, -0.2) is 4.99 Å². The first-order chi connectivity index (χ1) is 5.56. The number of hydrogen-bond acceptors (Lipinski definition) is 2. The summed E-state index contributed by atoms with van der Waals surface area (Å²) >= 11 is 0. The zero-order valence-corrected chi connectivity index (χ0v) is 7.54. The van der Waals surface area contributed by atoms with Crippen LogP contribution in [0.25, 0.3) is 0 Å². The molecule has 0 saturated carbocycles. The number of allylic oxidation sites excluding steroid dienone is 3. The van der Waals surface area contributed by atoms with Crippen LogP contribution in [0.5, 0.6) is 0 Å². The van der Waals surface area contributed by atoms with Gasteiger partial charge in [0.15, 0.2) is 0 Å². The van der Waals surface area contributed by atoms with E-state index in [1.807, 2.05) is 19.9 Å². The Balaban J connectivity index is 4.42. The topological polar surface area (TPSA) is 64.4 Å². The van der Waals surface area contributed by atoms with Gasteiger partial charge in [0.2, 0.25) is 0 Å². The Kier molecular flexibility index (Phi) is 4.53. The fourth-order valence-corrected chi connectivity index (χ4v) is 0.728. The predicted molar refractivity (Wildman–Crippen MR) is 53.5 cm³/mol. The molecule has 0 spiro atoms. The Hall–Kier alpha value is -1.51. The van der Waals surface area contributed by atoms with Crippen LogP contribution < -0.4 is 11.5 Å². The molecule has 0 heterocycles. The van der Waals surface area contributed by atoms with Crippen molar-refractivity contribution in [3.63, 3.8) is 0 Å². The lowest BCUT2D eigenvalue weighted by Gasteiger charge is -1.94. The summed E-state index contributed by atoms with van der Waals surface area (Å²) < 4.78 is 0. The summed E-state index contributed by atoms with van der Waals surface area (Å²) in [5, 5.41) is 0. The maximum absolute atomic E-state index is 5.47. The molecule has 0 bridgehead atoms. The van der Waals surface area contributed by atoms with Gasteiger partial charge in [-0.1, -0.05) is 12.2 Å². The average Bonchev–Trinajstić information content (AvgIpc) is 1.84. The largest absolute Gasteiger partial charge is 0.404 e. The van der Waals surface area contributed by atoms with E-state index in [1.165, 1.54) is 12.3 Å². The van der Waals surface area contributed by atoms with Crippen LogP contribution >= 0.6 is 0 Å². The molecule has 0 atom stereocenters. The molecule has 0 saturated heterocycles. The van der Waals surface area contributed by atoms with E-state index in [2.05, 4.69) is 11.6 Å². The van der Waals surface area contributed by atoms with Gasteiger partial charge in [-0.15, -0.1) is 0 Å². The van der Waals surface area contributed by atoms with Gasteiger partial charge in [-0.3, -0.25) is 0 Å². The maximum atomic E-state index is 5.47. The van der Waals surface area contributed by atoms with Crippen molar-refractivity contribution in [3.8, 4) is 0 Å². The molecule has 3 heteroatoms. The molecule has 0 radical (unpaired) electrons. The molecule has 66 valence electrons. The molecule has 0 rings (SSSR count). The van der Waals surface area contributed by atoms with Crippen molar-refractivity contribution in [1.29, 1.82) is 0 Å². The molecule has 0 aromatic carbocycles. The molecule has 4 N–H and O–H groups in total. The summed E-state index contributed by atoms with van der Waals surface area (Å²) in [7, 11) is 0. The molecule has 0 unspecified atom stereocenters. The lowest BCUT2D eigenvalue weighted by atomic mass is 10.3. The molecule has 0 amide bonds. The standard InChI is InChI=1S/C9H15N3/c1-7(2)6-8(3)12-9(11)4-5-10/h4-6H,1,10H2,2-3H3,(H2,11,12)/b5-4?,8-6-. The number of amidine groups is 1. The SMILES string of the molecule is C=C(C)/C=C(/C)N=C(N)C=CN. The monoisotopic (exact) mass is 165 g/mol. The van der Waals surface area contributed by atoms with Crippen molar-refractivity contribution in [1.82, 2.24) is 0 Å². The normalized spacial score (nSPS) is 13.8. The fraction of sp³-hybridized carbons (Fsp3) is 0.222. The molecule has 0 aromatic rings. The molecular formula is C9H15N3. The highest BCUT2D eigenvalue weighted by atomic mass is 14.8. The van der Waals surface area contributed by atoms with Gasteiger partial charge in [0.25, 0.3) is 0 Å². The van der Waals surface area contributed by atoms with Gasteiger partial charge in [0.1, 0.15) is 5.84 Å². The highest BCUT2D eigenvalue weighted by molar-refractivity contribution is 5.91. The second-order valence-electron chi connectivity index (χ2n) is 2.53. The first-order valence-electron chi connectivity index (χ1n) is 3.62. The number of aliphatic imine (C=N–C) groups is 1. The molecular weight excluding hydrogens is 150 g/mol. The zero-order chi connectivity index (χ0) is 9.56. The van der Waals surface area contributed by atoms with Crippen LogP contribution in [-0.2, 0) is 0 Å². The summed E-state index contributed by atoms with van der Waals surface area (Å²) in [6.07, 6.45) is 4.74. The van der Waals surface area contributed by atoms with E-state index in [9.17, 15) is 0 Å². The smallest absolute Gasteiger partial charge is 0.125 e.